The Bertz CT molecular complexity index is 1590. The summed E-state index contributed by atoms with van der Waals surface area (Å²) >= 11 is 0. The number of oxazole rings is 1. The molecule has 0 bridgehead atoms. The van der Waals surface area contributed by atoms with Gasteiger partial charge in [-0.25, -0.2) is 14.8 Å². The maximum absolute atomic E-state index is 11.5. The van der Waals surface area contributed by atoms with Crippen LogP contribution in [0.5, 0.6) is 0 Å². The van der Waals surface area contributed by atoms with Gasteiger partial charge in [0.05, 0.1) is 16.9 Å². The molecule has 0 amide bonds. The number of hydrogen-bond acceptors (Lipinski definition) is 4. The molecule has 0 aliphatic carbocycles. The van der Waals surface area contributed by atoms with E-state index in [-0.39, 0.29) is 0 Å². The number of rotatable bonds is 4. The third-order valence-corrected chi connectivity index (χ3v) is 5.76. The van der Waals surface area contributed by atoms with Gasteiger partial charge in [-0.2, -0.15) is 0 Å². The first-order chi connectivity index (χ1) is 16.7. The molecule has 5 heteroatoms. The Morgan fingerprint density at radius 3 is 1.74 bits per heavy atom. The molecule has 5 nitrogen and oxygen atoms in total. The first-order valence-electron chi connectivity index (χ1n) is 11.0. The maximum atomic E-state index is 11.5. The second kappa shape index (κ2) is 8.30. The number of nitrogens with zero attached hydrogens (tertiary/aromatic N) is 2. The predicted octanol–water partition coefficient (Wildman–Crippen LogP) is 6.58. The van der Waals surface area contributed by atoms with Crippen LogP contribution in [0.25, 0.3) is 56.1 Å². The van der Waals surface area contributed by atoms with Crippen molar-refractivity contribution >= 4 is 11.1 Å². The smallest absolute Gasteiger partial charge is 0.408 e. The van der Waals surface area contributed by atoms with Gasteiger partial charge in [0.2, 0.25) is 0 Å². The molecule has 0 aliphatic rings. The van der Waals surface area contributed by atoms with Crippen LogP contribution in [0.3, 0.4) is 0 Å². The standard InChI is InChI=1S/C29H19N3O2/c33-29-32-26-17-23(15-16-27(26)34-29)19-11-13-22(14-12-19)28-30-24(20-7-3-1-4-8-20)18-25(31-28)21-9-5-2-6-10-21/h1-18H,(H,32,33). The zero-order chi connectivity index (χ0) is 22.9. The number of benzene rings is 4. The van der Waals surface area contributed by atoms with Crippen LogP contribution in [0.15, 0.2) is 118 Å². The van der Waals surface area contributed by atoms with Crippen LogP contribution in [0.1, 0.15) is 0 Å². The zero-order valence-electron chi connectivity index (χ0n) is 18.1. The lowest BCUT2D eigenvalue weighted by molar-refractivity contribution is 0.555. The van der Waals surface area contributed by atoms with Gasteiger partial charge in [0, 0.05) is 16.7 Å². The molecule has 2 aromatic heterocycles. The van der Waals surface area contributed by atoms with Gasteiger partial charge in [-0.1, -0.05) is 91.0 Å². The molecule has 6 aromatic rings. The van der Waals surface area contributed by atoms with Crippen LogP contribution >= 0.6 is 0 Å². The summed E-state index contributed by atoms with van der Waals surface area (Å²) in [5, 5.41) is 0. The Morgan fingerprint density at radius 1 is 0.559 bits per heavy atom. The van der Waals surface area contributed by atoms with E-state index in [9.17, 15) is 4.79 Å². The summed E-state index contributed by atoms with van der Waals surface area (Å²) in [4.78, 5) is 23.9. The van der Waals surface area contributed by atoms with Gasteiger partial charge in [0.15, 0.2) is 11.4 Å². The highest BCUT2D eigenvalue weighted by Crippen LogP contribution is 2.29. The van der Waals surface area contributed by atoms with E-state index in [0.717, 1.165) is 39.2 Å². The molecule has 4 aromatic carbocycles. The molecule has 0 saturated heterocycles. The molecule has 0 atom stereocenters. The molecule has 0 aliphatic heterocycles. The van der Waals surface area contributed by atoms with E-state index < -0.39 is 5.76 Å². The minimum absolute atomic E-state index is 0.452. The summed E-state index contributed by atoms with van der Waals surface area (Å²) in [5.74, 6) is 0.216. The summed E-state index contributed by atoms with van der Waals surface area (Å²) < 4.78 is 5.10. The number of hydrogen-bond donors (Lipinski definition) is 1. The molecular weight excluding hydrogens is 422 g/mol. The Morgan fingerprint density at radius 2 is 1.12 bits per heavy atom. The van der Waals surface area contributed by atoms with Crippen LogP contribution in [0, 0.1) is 0 Å². The largest absolute Gasteiger partial charge is 0.417 e. The van der Waals surface area contributed by atoms with Crippen molar-refractivity contribution in [1.82, 2.24) is 15.0 Å². The van der Waals surface area contributed by atoms with E-state index in [1.165, 1.54) is 0 Å². The molecule has 34 heavy (non-hydrogen) atoms. The Labute approximate surface area is 195 Å². The lowest BCUT2D eigenvalue weighted by Gasteiger charge is -2.10. The highest BCUT2D eigenvalue weighted by Gasteiger charge is 2.11. The second-order valence-corrected chi connectivity index (χ2v) is 8.00. The summed E-state index contributed by atoms with van der Waals surface area (Å²) in [6.07, 6.45) is 0. The van der Waals surface area contributed by atoms with E-state index in [1.807, 2.05) is 78.9 Å². The molecule has 2 heterocycles. The molecule has 162 valence electrons. The number of aromatic amines is 1. The monoisotopic (exact) mass is 441 g/mol. The third-order valence-electron chi connectivity index (χ3n) is 5.76. The van der Waals surface area contributed by atoms with Gasteiger partial charge >= 0.3 is 5.76 Å². The predicted molar refractivity (Wildman–Crippen MR) is 134 cm³/mol. The fourth-order valence-corrected chi connectivity index (χ4v) is 4.03. The van der Waals surface area contributed by atoms with Crippen molar-refractivity contribution in [3.63, 3.8) is 0 Å². The molecule has 0 saturated carbocycles. The van der Waals surface area contributed by atoms with Crippen LogP contribution < -0.4 is 5.76 Å². The van der Waals surface area contributed by atoms with E-state index in [1.54, 1.807) is 6.07 Å². The van der Waals surface area contributed by atoms with Crippen LogP contribution in [0.2, 0.25) is 0 Å². The number of fused-ring (bicyclic) bond motifs is 1. The highest BCUT2D eigenvalue weighted by molar-refractivity contribution is 5.81. The quantitative estimate of drug-likeness (QED) is 0.335. The zero-order valence-corrected chi connectivity index (χ0v) is 18.1. The summed E-state index contributed by atoms with van der Waals surface area (Å²) in [6.45, 7) is 0. The van der Waals surface area contributed by atoms with Crippen molar-refractivity contribution in [3.8, 4) is 45.0 Å². The van der Waals surface area contributed by atoms with Gasteiger partial charge in [0.1, 0.15) is 0 Å². The first kappa shape index (κ1) is 19.9. The van der Waals surface area contributed by atoms with Crippen LogP contribution in [-0.4, -0.2) is 15.0 Å². The fraction of sp³-hybridized carbons (Fsp3) is 0. The van der Waals surface area contributed by atoms with Crippen molar-refractivity contribution in [2.24, 2.45) is 0 Å². The SMILES string of the molecule is O=c1[nH]c2cc(-c3ccc(-c4nc(-c5ccccc5)cc(-c5ccccc5)n4)cc3)ccc2o1. The molecule has 0 spiro atoms. The van der Waals surface area contributed by atoms with Crippen molar-refractivity contribution in [2.45, 2.75) is 0 Å². The third kappa shape index (κ3) is 3.80. The van der Waals surface area contributed by atoms with E-state index >= 15 is 0 Å². The highest BCUT2D eigenvalue weighted by atomic mass is 16.4. The molecule has 0 fully saturated rings. The molecule has 1 N–H and O–H groups in total. The molecule has 0 unspecified atom stereocenters. The minimum Gasteiger partial charge on any atom is -0.408 e. The average molecular weight is 441 g/mol. The maximum Gasteiger partial charge on any atom is 0.417 e. The Hall–Kier alpha value is -4.77. The van der Waals surface area contributed by atoms with Crippen molar-refractivity contribution in [2.75, 3.05) is 0 Å². The van der Waals surface area contributed by atoms with Crippen molar-refractivity contribution in [3.05, 3.63) is 120 Å². The van der Waals surface area contributed by atoms with Crippen LogP contribution in [-0.2, 0) is 0 Å². The summed E-state index contributed by atoms with van der Waals surface area (Å²) in [7, 11) is 0. The number of H-pyrrole nitrogens is 1. The summed E-state index contributed by atoms with van der Waals surface area (Å²) in [5.41, 5.74) is 8.00. The molecule has 6 rings (SSSR count). The summed E-state index contributed by atoms with van der Waals surface area (Å²) in [6, 6.07) is 36.1. The number of aromatic nitrogens is 3. The van der Waals surface area contributed by atoms with E-state index in [2.05, 4.69) is 29.2 Å². The second-order valence-electron chi connectivity index (χ2n) is 8.00. The fourth-order valence-electron chi connectivity index (χ4n) is 4.03. The Balaban J connectivity index is 1.42. The molecule has 0 radical (unpaired) electrons. The topological polar surface area (TPSA) is 71.8 Å². The van der Waals surface area contributed by atoms with Gasteiger partial charge < -0.3 is 4.42 Å². The van der Waals surface area contributed by atoms with E-state index in [0.29, 0.717) is 16.9 Å². The average Bonchev–Trinajstić information content (AvgIpc) is 3.29. The van der Waals surface area contributed by atoms with Gasteiger partial charge in [0.25, 0.3) is 0 Å². The minimum atomic E-state index is -0.452. The van der Waals surface area contributed by atoms with Crippen molar-refractivity contribution < 1.29 is 4.42 Å². The van der Waals surface area contributed by atoms with Gasteiger partial charge in [-0.05, 0) is 29.3 Å². The number of nitrogens with one attached hydrogen (secondary N) is 1. The van der Waals surface area contributed by atoms with Gasteiger partial charge in [-0.15, -0.1) is 0 Å². The lowest BCUT2D eigenvalue weighted by Crippen LogP contribution is -1.95. The lowest BCUT2D eigenvalue weighted by atomic mass is 10.0. The van der Waals surface area contributed by atoms with Gasteiger partial charge in [-0.3, -0.25) is 4.98 Å². The molecular formula is C29H19N3O2. The Kier molecular flexibility index (Phi) is 4.85. The van der Waals surface area contributed by atoms with Crippen molar-refractivity contribution in [1.29, 1.82) is 0 Å². The van der Waals surface area contributed by atoms with E-state index in [4.69, 9.17) is 14.4 Å². The first-order valence-corrected chi connectivity index (χ1v) is 11.0. The van der Waals surface area contributed by atoms with Crippen LogP contribution in [0.4, 0.5) is 0 Å². The normalized spacial score (nSPS) is 11.1.